The van der Waals surface area contributed by atoms with Gasteiger partial charge in [0.2, 0.25) is 0 Å². The van der Waals surface area contributed by atoms with Crippen LogP contribution in [0.3, 0.4) is 0 Å². The normalized spacial score (nSPS) is 12.0. The molecule has 0 fully saturated rings. The molecule has 1 aliphatic rings. The van der Waals surface area contributed by atoms with Crippen molar-refractivity contribution in [3.63, 3.8) is 0 Å². The molecule has 0 aliphatic heterocycles. The number of nitrogens with one attached hydrogen (secondary N) is 1. The minimum absolute atomic E-state index is 0.140. The van der Waals surface area contributed by atoms with Gasteiger partial charge >= 0.3 is 5.97 Å². The molecule has 1 aliphatic carbocycles. The molecule has 6 nitrogen and oxygen atoms in total. The van der Waals surface area contributed by atoms with Gasteiger partial charge in [0.15, 0.2) is 0 Å². The predicted octanol–water partition coefficient (Wildman–Crippen LogP) is 7.13. The van der Waals surface area contributed by atoms with E-state index < -0.39 is 5.97 Å². The van der Waals surface area contributed by atoms with E-state index in [1.165, 1.54) is 27.8 Å². The number of nitrogens with zero attached hydrogens (tertiary/aromatic N) is 1. The number of carboxylic acids is 1. The maximum Gasteiger partial charge on any atom is 0.303 e. The first-order chi connectivity index (χ1) is 20.5. The number of ether oxygens (including phenoxy) is 2. The fourth-order valence-corrected chi connectivity index (χ4v) is 5.64. The highest BCUT2D eigenvalue weighted by Gasteiger charge is 2.24. The molecule has 0 amide bonds. The number of nitriles is 1. The summed E-state index contributed by atoms with van der Waals surface area (Å²) in [5.74, 6) is 0.822. The van der Waals surface area contributed by atoms with Crippen LogP contribution in [0.1, 0.15) is 58.2 Å². The summed E-state index contributed by atoms with van der Waals surface area (Å²) in [6, 6.07) is 28.4. The van der Waals surface area contributed by atoms with E-state index in [1.807, 2.05) is 30.3 Å². The van der Waals surface area contributed by atoms with Gasteiger partial charge in [-0.2, -0.15) is 5.26 Å². The van der Waals surface area contributed by atoms with Crippen LogP contribution < -0.4 is 14.8 Å². The molecule has 0 bridgehead atoms. The molecular weight excluding hydrogens is 524 g/mol. The Morgan fingerprint density at radius 3 is 2.52 bits per heavy atom. The number of hydrogen-bond donors (Lipinski definition) is 2. The van der Waals surface area contributed by atoms with Gasteiger partial charge in [-0.15, -0.1) is 0 Å². The quantitative estimate of drug-likeness (QED) is 0.169. The summed E-state index contributed by atoms with van der Waals surface area (Å²) in [4.78, 5) is 10.9. The van der Waals surface area contributed by atoms with Crippen LogP contribution in [0.2, 0.25) is 0 Å². The van der Waals surface area contributed by atoms with E-state index >= 15 is 0 Å². The average molecular weight is 561 g/mol. The van der Waals surface area contributed by atoms with Crippen LogP contribution in [0.25, 0.3) is 11.1 Å². The average Bonchev–Trinajstić information content (AvgIpc) is 3.51. The Balaban J connectivity index is 1.40. The molecule has 0 radical (unpaired) electrons. The lowest BCUT2D eigenvalue weighted by Gasteiger charge is -2.20. The number of benzene rings is 4. The summed E-state index contributed by atoms with van der Waals surface area (Å²) in [6.45, 7) is 4.13. The van der Waals surface area contributed by atoms with Crippen LogP contribution in [-0.4, -0.2) is 17.6 Å². The molecule has 4 aromatic carbocycles. The molecule has 0 unspecified atom stereocenters. The minimum atomic E-state index is -0.785. The first-order valence-electron chi connectivity index (χ1n) is 14.5. The van der Waals surface area contributed by atoms with Gasteiger partial charge in [-0.05, 0) is 90.2 Å². The van der Waals surface area contributed by atoms with Crippen molar-refractivity contribution in [2.24, 2.45) is 0 Å². The highest BCUT2D eigenvalue weighted by Crippen LogP contribution is 2.40. The first kappa shape index (κ1) is 28.9. The maximum atomic E-state index is 10.9. The molecule has 0 heterocycles. The Bertz CT molecular complexity index is 1590. The van der Waals surface area contributed by atoms with Crippen LogP contribution >= 0.6 is 0 Å². The van der Waals surface area contributed by atoms with E-state index in [4.69, 9.17) is 14.6 Å². The van der Waals surface area contributed by atoms with Crippen LogP contribution in [0.5, 0.6) is 11.5 Å². The van der Waals surface area contributed by atoms with Gasteiger partial charge < -0.3 is 19.9 Å². The molecule has 0 saturated heterocycles. The van der Waals surface area contributed by atoms with Crippen LogP contribution in [-0.2, 0) is 37.4 Å². The zero-order chi connectivity index (χ0) is 29.3. The molecule has 2 N–H and O–H groups in total. The lowest BCUT2D eigenvalue weighted by atomic mass is 9.97. The molecule has 5 rings (SSSR count). The van der Waals surface area contributed by atoms with Gasteiger partial charge in [0.05, 0.1) is 11.6 Å². The van der Waals surface area contributed by atoms with Crippen molar-refractivity contribution in [3.05, 3.63) is 118 Å². The summed E-state index contributed by atoms with van der Waals surface area (Å²) >= 11 is 0. The van der Waals surface area contributed by atoms with Crippen molar-refractivity contribution >= 4 is 5.97 Å². The van der Waals surface area contributed by atoms with E-state index in [1.54, 1.807) is 6.07 Å². The standard InChI is InChI=1S/C36H36N2O4/c1-25-29(13-6-14-30(25)28-11-3-2-4-12-28)24-42-34-20-35(41-23-27-10-5-9-26(19-27)21-37)33(31-15-7-16-32(31)34)22-38-18-8-17-36(39)40/h2-6,9-14,19-20,38H,7-8,15-18,22-24H2,1H3,(H,39,40). The molecule has 0 spiro atoms. The Hall–Kier alpha value is -4.60. The van der Waals surface area contributed by atoms with Gasteiger partial charge in [0, 0.05) is 24.6 Å². The fourth-order valence-electron chi connectivity index (χ4n) is 5.64. The van der Waals surface area contributed by atoms with E-state index in [-0.39, 0.29) is 6.42 Å². The summed E-state index contributed by atoms with van der Waals surface area (Å²) < 4.78 is 13.0. The first-order valence-corrected chi connectivity index (χ1v) is 14.5. The number of fused-ring (bicyclic) bond motifs is 1. The molecule has 6 heteroatoms. The second kappa shape index (κ2) is 13.8. The van der Waals surface area contributed by atoms with Gasteiger partial charge in [-0.3, -0.25) is 4.79 Å². The zero-order valence-electron chi connectivity index (χ0n) is 24.0. The smallest absolute Gasteiger partial charge is 0.303 e. The summed E-state index contributed by atoms with van der Waals surface area (Å²) in [6.07, 6.45) is 3.65. The third-order valence-corrected chi connectivity index (χ3v) is 7.85. The van der Waals surface area contributed by atoms with Gasteiger partial charge in [-0.25, -0.2) is 0 Å². The van der Waals surface area contributed by atoms with Gasteiger partial charge in [-0.1, -0.05) is 60.7 Å². The Morgan fingerprint density at radius 2 is 1.71 bits per heavy atom. The molecule has 42 heavy (non-hydrogen) atoms. The molecule has 0 aromatic heterocycles. The zero-order valence-corrected chi connectivity index (χ0v) is 24.0. The largest absolute Gasteiger partial charge is 0.488 e. The third kappa shape index (κ3) is 6.99. The Morgan fingerprint density at radius 1 is 0.929 bits per heavy atom. The topological polar surface area (TPSA) is 91.6 Å². The van der Waals surface area contributed by atoms with E-state index in [0.29, 0.717) is 38.3 Å². The second-order valence-corrected chi connectivity index (χ2v) is 10.7. The summed E-state index contributed by atoms with van der Waals surface area (Å²) in [5.41, 5.74) is 9.85. The summed E-state index contributed by atoms with van der Waals surface area (Å²) in [7, 11) is 0. The van der Waals surface area contributed by atoms with E-state index in [9.17, 15) is 10.1 Å². The Labute approximate surface area is 247 Å². The van der Waals surface area contributed by atoms with Crippen molar-refractivity contribution in [1.82, 2.24) is 5.32 Å². The van der Waals surface area contributed by atoms with Crippen LogP contribution in [0.4, 0.5) is 0 Å². The van der Waals surface area contributed by atoms with E-state index in [0.717, 1.165) is 47.5 Å². The molecule has 4 aromatic rings. The van der Waals surface area contributed by atoms with E-state index in [2.05, 4.69) is 60.8 Å². The molecule has 214 valence electrons. The number of aliphatic carboxylic acids is 1. The predicted molar refractivity (Wildman–Crippen MR) is 163 cm³/mol. The SMILES string of the molecule is Cc1c(COc2cc(OCc3cccc(C#N)c3)c(CNCCCC(=O)O)c3c2CCC3)cccc1-c1ccccc1. The highest BCUT2D eigenvalue weighted by atomic mass is 16.5. The summed E-state index contributed by atoms with van der Waals surface area (Å²) in [5, 5.41) is 21.7. The minimum Gasteiger partial charge on any atom is -0.488 e. The number of carbonyl (C=O) groups is 1. The lowest BCUT2D eigenvalue weighted by molar-refractivity contribution is -0.137. The number of rotatable bonds is 13. The van der Waals surface area contributed by atoms with Crippen molar-refractivity contribution < 1.29 is 19.4 Å². The van der Waals surface area contributed by atoms with Crippen LogP contribution in [0, 0.1) is 18.3 Å². The highest BCUT2D eigenvalue weighted by molar-refractivity contribution is 5.68. The maximum absolute atomic E-state index is 10.9. The van der Waals surface area contributed by atoms with Crippen molar-refractivity contribution in [2.75, 3.05) is 6.54 Å². The number of carboxylic acid groups (broad SMARTS) is 1. The molecular formula is C36H36N2O4. The van der Waals surface area contributed by atoms with Crippen LogP contribution in [0.15, 0.2) is 78.9 Å². The third-order valence-electron chi connectivity index (χ3n) is 7.85. The van der Waals surface area contributed by atoms with Crippen molar-refractivity contribution in [3.8, 4) is 28.7 Å². The molecule has 0 atom stereocenters. The van der Waals surface area contributed by atoms with Gasteiger partial charge in [0.1, 0.15) is 24.7 Å². The number of hydrogen-bond acceptors (Lipinski definition) is 5. The molecule has 0 saturated carbocycles. The Kier molecular flexibility index (Phi) is 9.53. The lowest BCUT2D eigenvalue weighted by Crippen LogP contribution is -2.18. The second-order valence-electron chi connectivity index (χ2n) is 10.7. The fraction of sp³-hybridized carbons (Fsp3) is 0.278. The van der Waals surface area contributed by atoms with Crippen molar-refractivity contribution in [2.45, 2.75) is 58.8 Å². The monoisotopic (exact) mass is 560 g/mol. The van der Waals surface area contributed by atoms with Crippen molar-refractivity contribution in [1.29, 1.82) is 5.26 Å². The van der Waals surface area contributed by atoms with Gasteiger partial charge in [0.25, 0.3) is 0 Å².